The number of nitrogens with one attached hydrogen (secondary N) is 3. The first-order chi connectivity index (χ1) is 16.6. The van der Waals surface area contributed by atoms with Gasteiger partial charge in [0.25, 0.3) is 11.8 Å². The molecule has 12 nitrogen and oxygen atoms in total. The fourth-order valence-corrected chi connectivity index (χ4v) is 3.80. The van der Waals surface area contributed by atoms with Gasteiger partial charge in [0.15, 0.2) is 11.5 Å². The molecule has 3 aromatic heterocycles. The summed E-state index contributed by atoms with van der Waals surface area (Å²) < 4.78 is 6.99. The first-order valence-electron chi connectivity index (χ1n) is 11.2. The normalized spacial score (nSPS) is 17.4. The van der Waals surface area contributed by atoms with E-state index >= 15 is 0 Å². The van der Waals surface area contributed by atoms with Gasteiger partial charge in [0.05, 0.1) is 48.0 Å². The van der Waals surface area contributed by atoms with Crippen LogP contribution in [0.2, 0.25) is 0 Å². The van der Waals surface area contributed by atoms with E-state index in [0.29, 0.717) is 24.8 Å². The molecule has 1 saturated heterocycles. The van der Waals surface area contributed by atoms with Gasteiger partial charge in [-0.2, -0.15) is 5.10 Å². The quantitative estimate of drug-likeness (QED) is 0.454. The molecular formula is C22H25N9O3. The molecule has 5 rings (SSSR count). The average Bonchev–Trinajstić information content (AvgIpc) is 3.44. The Morgan fingerprint density at radius 1 is 1.12 bits per heavy atom. The maximum atomic E-state index is 13.3. The van der Waals surface area contributed by atoms with Crippen molar-refractivity contribution < 1.29 is 14.3 Å². The number of nitrogens with zero attached hydrogens (tertiary/aromatic N) is 6. The van der Waals surface area contributed by atoms with E-state index < -0.39 is 5.91 Å². The molecule has 0 bridgehead atoms. The van der Waals surface area contributed by atoms with Gasteiger partial charge in [-0.05, 0) is 25.7 Å². The van der Waals surface area contributed by atoms with Crippen LogP contribution in [0.5, 0.6) is 0 Å². The lowest BCUT2D eigenvalue weighted by Gasteiger charge is -2.13. The molecule has 2 amide bonds. The standard InChI is InChI=1S/C22H25N9O3/c1-31-19(22(33)26-9-15-3-2-6-34-15)17(11-27-31)30-21(32)18-20(28-14-7-23-12-24-8-14)25-10-16(29-18)13-4-5-13/h7-8,10-13,15H,2-6,9H2,1H3,(H,25,28)(H,26,33)(H,30,32)/t15-/m0/s1. The highest BCUT2D eigenvalue weighted by Crippen LogP contribution is 2.39. The van der Waals surface area contributed by atoms with Gasteiger partial charge >= 0.3 is 0 Å². The van der Waals surface area contributed by atoms with Crippen LogP contribution >= 0.6 is 0 Å². The minimum absolute atomic E-state index is 0.00579. The van der Waals surface area contributed by atoms with E-state index in [4.69, 9.17) is 4.74 Å². The minimum Gasteiger partial charge on any atom is -0.376 e. The van der Waals surface area contributed by atoms with Crippen LogP contribution in [0.1, 0.15) is 58.3 Å². The Morgan fingerprint density at radius 3 is 2.68 bits per heavy atom. The van der Waals surface area contributed by atoms with E-state index in [9.17, 15) is 9.59 Å². The number of anilines is 3. The van der Waals surface area contributed by atoms with E-state index in [1.165, 1.54) is 17.2 Å². The molecule has 0 spiro atoms. The third kappa shape index (κ3) is 4.86. The number of aromatic nitrogens is 6. The maximum Gasteiger partial charge on any atom is 0.278 e. The Labute approximate surface area is 195 Å². The van der Waals surface area contributed by atoms with Gasteiger partial charge in [0.1, 0.15) is 12.0 Å². The molecule has 34 heavy (non-hydrogen) atoms. The van der Waals surface area contributed by atoms with Crippen LogP contribution in [0.15, 0.2) is 31.1 Å². The lowest BCUT2D eigenvalue weighted by Crippen LogP contribution is -2.33. The summed E-state index contributed by atoms with van der Waals surface area (Å²) in [6.45, 7) is 1.11. The fourth-order valence-electron chi connectivity index (χ4n) is 3.80. The first kappa shape index (κ1) is 21.9. The minimum atomic E-state index is -0.504. The van der Waals surface area contributed by atoms with Crippen molar-refractivity contribution >= 4 is 29.0 Å². The second-order valence-electron chi connectivity index (χ2n) is 8.35. The number of hydrogen-bond donors (Lipinski definition) is 3. The summed E-state index contributed by atoms with van der Waals surface area (Å²) in [7, 11) is 1.65. The van der Waals surface area contributed by atoms with E-state index in [2.05, 4.69) is 41.0 Å². The summed E-state index contributed by atoms with van der Waals surface area (Å²) in [5.74, 6) is -0.269. The van der Waals surface area contributed by atoms with Gasteiger partial charge in [0.2, 0.25) is 0 Å². The summed E-state index contributed by atoms with van der Waals surface area (Å²) in [6.07, 6.45) is 11.6. The molecule has 1 saturated carbocycles. The lowest BCUT2D eigenvalue weighted by molar-refractivity contribution is 0.0851. The van der Waals surface area contributed by atoms with Crippen LogP contribution < -0.4 is 16.0 Å². The lowest BCUT2D eigenvalue weighted by atomic mass is 10.2. The highest BCUT2D eigenvalue weighted by Gasteiger charge is 2.28. The highest BCUT2D eigenvalue weighted by atomic mass is 16.5. The second-order valence-corrected chi connectivity index (χ2v) is 8.35. The zero-order valence-corrected chi connectivity index (χ0v) is 18.7. The zero-order chi connectivity index (χ0) is 23.5. The molecule has 0 unspecified atom stereocenters. The monoisotopic (exact) mass is 463 g/mol. The Morgan fingerprint density at radius 2 is 1.94 bits per heavy atom. The Bertz CT molecular complexity index is 1190. The first-order valence-corrected chi connectivity index (χ1v) is 11.2. The van der Waals surface area contributed by atoms with Gasteiger partial charge in [-0.3, -0.25) is 14.3 Å². The van der Waals surface area contributed by atoms with Crippen LogP contribution in [-0.4, -0.2) is 60.8 Å². The van der Waals surface area contributed by atoms with Gasteiger partial charge in [-0.15, -0.1) is 0 Å². The van der Waals surface area contributed by atoms with Gasteiger partial charge in [-0.25, -0.2) is 19.9 Å². The predicted molar refractivity (Wildman–Crippen MR) is 122 cm³/mol. The third-order valence-corrected chi connectivity index (χ3v) is 5.74. The molecule has 4 heterocycles. The molecule has 12 heteroatoms. The summed E-state index contributed by atoms with van der Waals surface area (Å²) in [4.78, 5) is 43.1. The summed E-state index contributed by atoms with van der Waals surface area (Å²) >= 11 is 0. The maximum absolute atomic E-state index is 13.3. The number of carbonyl (C=O) groups excluding carboxylic acids is 2. The van der Waals surface area contributed by atoms with Crippen molar-refractivity contribution in [1.29, 1.82) is 0 Å². The van der Waals surface area contributed by atoms with Crippen molar-refractivity contribution in [1.82, 2.24) is 35.0 Å². The molecule has 2 fully saturated rings. The highest BCUT2D eigenvalue weighted by molar-refractivity contribution is 6.09. The molecule has 1 aliphatic heterocycles. The Balaban J connectivity index is 1.36. The second kappa shape index (κ2) is 9.51. The Hall–Kier alpha value is -3.93. The number of ether oxygens (including phenoxy) is 1. The number of rotatable bonds is 8. The van der Waals surface area contributed by atoms with Crippen LogP contribution in [0.4, 0.5) is 17.2 Å². The summed E-state index contributed by atoms with van der Waals surface area (Å²) in [5, 5.41) is 12.8. The van der Waals surface area contributed by atoms with Crippen LogP contribution in [0, 0.1) is 0 Å². The summed E-state index contributed by atoms with van der Waals surface area (Å²) in [6, 6.07) is 0. The topological polar surface area (TPSA) is 149 Å². The molecule has 0 aromatic carbocycles. The molecule has 1 atom stereocenters. The van der Waals surface area contributed by atoms with Crippen molar-refractivity contribution in [2.45, 2.75) is 37.7 Å². The molecule has 3 N–H and O–H groups in total. The molecule has 176 valence electrons. The van der Waals surface area contributed by atoms with Crippen LogP contribution in [0.3, 0.4) is 0 Å². The smallest absolute Gasteiger partial charge is 0.278 e. The average molecular weight is 464 g/mol. The number of amides is 2. The van der Waals surface area contributed by atoms with Gasteiger partial charge in [0, 0.05) is 26.1 Å². The Kier molecular flexibility index (Phi) is 6.12. The molecule has 3 aromatic rings. The van der Waals surface area contributed by atoms with Crippen molar-refractivity contribution in [2.75, 3.05) is 23.8 Å². The van der Waals surface area contributed by atoms with E-state index in [1.54, 1.807) is 25.6 Å². The molecule has 1 aliphatic carbocycles. The summed E-state index contributed by atoms with van der Waals surface area (Å²) in [5.41, 5.74) is 1.97. The SMILES string of the molecule is Cn1ncc(NC(=O)c2nc(C3CC3)cnc2Nc2cncnc2)c1C(=O)NC[C@@H]1CCCO1. The number of hydrogen-bond acceptors (Lipinski definition) is 9. The number of carbonyl (C=O) groups is 2. The van der Waals surface area contributed by atoms with Crippen molar-refractivity contribution in [3.63, 3.8) is 0 Å². The van der Waals surface area contributed by atoms with Crippen LogP contribution in [-0.2, 0) is 11.8 Å². The van der Waals surface area contributed by atoms with Crippen molar-refractivity contribution in [2.24, 2.45) is 7.05 Å². The van der Waals surface area contributed by atoms with Gasteiger partial charge < -0.3 is 20.7 Å². The van der Waals surface area contributed by atoms with Crippen molar-refractivity contribution in [3.05, 3.63) is 48.2 Å². The van der Waals surface area contributed by atoms with Gasteiger partial charge in [-0.1, -0.05) is 0 Å². The fraction of sp³-hybridized carbons (Fsp3) is 0.409. The van der Waals surface area contributed by atoms with E-state index in [1.807, 2.05) is 0 Å². The van der Waals surface area contributed by atoms with E-state index in [0.717, 1.165) is 31.4 Å². The van der Waals surface area contributed by atoms with Crippen molar-refractivity contribution in [3.8, 4) is 0 Å². The largest absolute Gasteiger partial charge is 0.376 e. The molecular weight excluding hydrogens is 438 g/mol. The molecule has 0 radical (unpaired) electrons. The van der Waals surface area contributed by atoms with E-state index in [-0.39, 0.29) is 34.9 Å². The number of aryl methyl sites for hydroxylation is 1. The molecule has 2 aliphatic rings. The van der Waals surface area contributed by atoms with Crippen LogP contribution in [0.25, 0.3) is 0 Å². The predicted octanol–water partition coefficient (Wildman–Crippen LogP) is 1.78. The zero-order valence-electron chi connectivity index (χ0n) is 18.7. The third-order valence-electron chi connectivity index (χ3n) is 5.74.